The molecule has 5 heteroatoms. The highest BCUT2D eigenvalue weighted by Gasteiger charge is 2.18. The van der Waals surface area contributed by atoms with Crippen LogP contribution in [0.1, 0.15) is 51.9 Å². The van der Waals surface area contributed by atoms with Crippen molar-refractivity contribution in [3.8, 4) is 0 Å². The summed E-state index contributed by atoms with van der Waals surface area (Å²) in [4.78, 5) is 11.7. The molecule has 98 valence electrons. The van der Waals surface area contributed by atoms with Crippen molar-refractivity contribution in [2.24, 2.45) is 16.8 Å². The lowest BCUT2D eigenvalue weighted by molar-refractivity contribution is -0.122. The van der Waals surface area contributed by atoms with E-state index in [0.29, 0.717) is 18.8 Å². The van der Waals surface area contributed by atoms with E-state index in [4.69, 9.17) is 10.9 Å². The van der Waals surface area contributed by atoms with Gasteiger partial charge in [0.05, 0.1) is 0 Å². The van der Waals surface area contributed by atoms with E-state index in [9.17, 15) is 4.79 Å². The first-order valence-corrected chi connectivity index (χ1v) is 6.37. The van der Waals surface area contributed by atoms with E-state index in [1.54, 1.807) is 0 Å². The standard InChI is InChI=1S/C12H23N3O2/c1-9(7-11(13)15-17)14-12(16)8-10-5-3-2-4-6-10/h9-10,17H,2-8H2,1H3,(H2,13,15)(H,14,16). The molecule has 1 aliphatic carbocycles. The number of carbonyl (C=O) groups is 1. The van der Waals surface area contributed by atoms with Crippen LogP contribution >= 0.6 is 0 Å². The van der Waals surface area contributed by atoms with Gasteiger partial charge in [-0.3, -0.25) is 4.79 Å². The Bertz CT molecular complexity index is 273. The SMILES string of the molecule is CC(C/C(N)=N/O)NC(=O)CC1CCCCC1. The molecule has 0 bridgehead atoms. The number of nitrogens with one attached hydrogen (secondary N) is 1. The fourth-order valence-electron chi connectivity index (χ4n) is 2.39. The second-order valence-corrected chi connectivity index (χ2v) is 4.97. The van der Waals surface area contributed by atoms with Crippen LogP contribution in [-0.2, 0) is 4.79 Å². The normalized spacial score (nSPS) is 19.9. The fourth-order valence-corrected chi connectivity index (χ4v) is 2.39. The maximum Gasteiger partial charge on any atom is 0.220 e. The van der Waals surface area contributed by atoms with E-state index >= 15 is 0 Å². The topological polar surface area (TPSA) is 87.7 Å². The van der Waals surface area contributed by atoms with Crippen LogP contribution in [0.3, 0.4) is 0 Å². The number of hydrogen-bond donors (Lipinski definition) is 3. The first kappa shape index (κ1) is 13.8. The van der Waals surface area contributed by atoms with Gasteiger partial charge >= 0.3 is 0 Å². The van der Waals surface area contributed by atoms with Gasteiger partial charge in [-0.1, -0.05) is 24.4 Å². The predicted octanol–water partition coefficient (Wildman–Crippen LogP) is 1.60. The molecule has 0 heterocycles. The number of oxime groups is 1. The molecule has 0 radical (unpaired) electrons. The maximum atomic E-state index is 11.7. The summed E-state index contributed by atoms with van der Waals surface area (Å²) in [7, 11) is 0. The van der Waals surface area contributed by atoms with E-state index in [2.05, 4.69) is 10.5 Å². The van der Waals surface area contributed by atoms with Gasteiger partial charge < -0.3 is 16.3 Å². The third-order valence-electron chi connectivity index (χ3n) is 3.25. The minimum atomic E-state index is -0.0815. The summed E-state index contributed by atoms with van der Waals surface area (Å²) in [5.41, 5.74) is 5.38. The van der Waals surface area contributed by atoms with Gasteiger partial charge in [0.2, 0.25) is 5.91 Å². The van der Waals surface area contributed by atoms with Gasteiger partial charge in [0.25, 0.3) is 0 Å². The van der Waals surface area contributed by atoms with Gasteiger partial charge in [-0.2, -0.15) is 0 Å². The molecule has 1 fully saturated rings. The Morgan fingerprint density at radius 2 is 2.12 bits per heavy atom. The third kappa shape index (κ3) is 5.56. The summed E-state index contributed by atoms with van der Waals surface area (Å²) in [6, 6.07) is -0.0815. The van der Waals surface area contributed by atoms with Crippen molar-refractivity contribution < 1.29 is 10.0 Å². The Balaban J connectivity index is 2.23. The molecule has 0 spiro atoms. The highest BCUT2D eigenvalue weighted by Crippen LogP contribution is 2.26. The Morgan fingerprint density at radius 1 is 1.47 bits per heavy atom. The van der Waals surface area contributed by atoms with Crippen LogP contribution in [-0.4, -0.2) is 23.0 Å². The average molecular weight is 241 g/mol. The Labute approximate surface area is 102 Å². The molecular weight excluding hydrogens is 218 g/mol. The highest BCUT2D eigenvalue weighted by atomic mass is 16.4. The van der Waals surface area contributed by atoms with Crippen molar-refractivity contribution in [1.82, 2.24) is 5.32 Å². The second-order valence-electron chi connectivity index (χ2n) is 4.97. The van der Waals surface area contributed by atoms with Crippen molar-refractivity contribution in [2.45, 2.75) is 57.9 Å². The molecule has 5 nitrogen and oxygen atoms in total. The fraction of sp³-hybridized carbons (Fsp3) is 0.833. The van der Waals surface area contributed by atoms with E-state index in [-0.39, 0.29) is 17.8 Å². The van der Waals surface area contributed by atoms with Gasteiger partial charge in [0.15, 0.2) is 0 Å². The molecule has 0 saturated heterocycles. The zero-order valence-corrected chi connectivity index (χ0v) is 10.5. The van der Waals surface area contributed by atoms with Crippen molar-refractivity contribution in [1.29, 1.82) is 0 Å². The number of carbonyl (C=O) groups excluding carboxylic acids is 1. The first-order chi connectivity index (χ1) is 8.11. The summed E-state index contributed by atoms with van der Waals surface area (Å²) in [5.74, 6) is 0.769. The lowest BCUT2D eigenvalue weighted by atomic mass is 9.87. The third-order valence-corrected chi connectivity index (χ3v) is 3.25. The lowest BCUT2D eigenvalue weighted by Gasteiger charge is -2.22. The minimum Gasteiger partial charge on any atom is -0.409 e. The van der Waals surface area contributed by atoms with Crippen LogP contribution in [0.25, 0.3) is 0 Å². The van der Waals surface area contributed by atoms with Gasteiger partial charge in [-0.25, -0.2) is 0 Å². The molecule has 0 aliphatic heterocycles. The maximum absolute atomic E-state index is 11.7. The first-order valence-electron chi connectivity index (χ1n) is 6.37. The van der Waals surface area contributed by atoms with Crippen LogP contribution in [0.15, 0.2) is 5.16 Å². The smallest absolute Gasteiger partial charge is 0.220 e. The summed E-state index contributed by atoms with van der Waals surface area (Å²) in [6.45, 7) is 1.86. The lowest BCUT2D eigenvalue weighted by Crippen LogP contribution is -2.36. The number of amidine groups is 1. The van der Waals surface area contributed by atoms with Crippen LogP contribution < -0.4 is 11.1 Å². The zero-order valence-electron chi connectivity index (χ0n) is 10.5. The monoisotopic (exact) mass is 241 g/mol. The van der Waals surface area contributed by atoms with Crippen molar-refractivity contribution in [2.75, 3.05) is 0 Å². The molecule has 1 unspecified atom stereocenters. The molecular formula is C12H23N3O2. The average Bonchev–Trinajstić information content (AvgIpc) is 2.29. The molecule has 1 atom stereocenters. The van der Waals surface area contributed by atoms with Gasteiger partial charge in [0, 0.05) is 18.9 Å². The summed E-state index contributed by atoms with van der Waals surface area (Å²) >= 11 is 0. The highest BCUT2D eigenvalue weighted by molar-refractivity contribution is 5.81. The van der Waals surface area contributed by atoms with Crippen molar-refractivity contribution >= 4 is 11.7 Å². The van der Waals surface area contributed by atoms with Crippen LogP contribution in [0, 0.1) is 5.92 Å². The van der Waals surface area contributed by atoms with Crippen LogP contribution in [0.4, 0.5) is 0 Å². The molecule has 0 aromatic carbocycles. The number of nitrogens with two attached hydrogens (primary N) is 1. The Kier molecular flexibility index (Phi) is 5.80. The van der Waals surface area contributed by atoms with Gasteiger partial charge in [-0.15, -0.1) is 0 Å². The minimum absolute atomic E-state index is 0.0788. The summed E-state index contributed by atoms with van der Waals surface area (Å²) in [5, 5.41) is 14.2. The molecule has 0 aromatic rings. The molecule has 17 heavy (non-hydrogen) atoms. The van der Waals surface area contributed by atoms with Gasteiger partial charge in [0.1, 0.15) is 5.84 Å². The summed E-state index contributed by atoms with van der Waals surface area (Å²) in [6.07, 6.45) is 7.13. The van der Waals surface area contributed by atoms with E-state index in [1.807, 2.05) is 6.92 Å². The molecule has 0 aromatic heterocycles. The summed E-state index contributed by atoms with van der Waals surface area (Å²) < 4.78 is 0. The van der Waals surface area contributed by atoms with Crippen molar-refractivity contribution in [3.05, 3.63) is 0 Å². The molecule has 4 N–H and O–H groups in total. The number of nitrogens with zero attached hydrogens (tertiary/aromatic N) is 1. The second kappa shape index (κ2) is 7.14. The number of rotatable bonds is 5. The molecule has 1 rings (SSSR count). The quantitative estimate of drug-likeness (QED) is 0.296. The van der Waals surface area contributed by atoms with E-state index < -0.39 is 0 Å². The number of hydrogen-bond acceptors (Lipinski definition) is 3. The van der Waals surface area contributed by atoms with Crippen LogP contribution in [0.5, 0.6) is 0 Å². The Hall–Kier alpha value is -1.26. The van der Waals surface area contributed by atoms with Crippen LogP contribution in [0.2, 0.25) is 0 Å². The molecule has 1 aliphatic rings. The number of amides is 1. The van der Waals surface area contributed by atoms with E-state index in [1.165, 1.54) is 32.1 Å². The zero-order chi connectivity index (χ0) is 12.7. The van der Waals surface area contributed by atoms with E-state index in [0.717, 1.165) is 0 Å². The molecule has 1 amide bonds. The molecule has 1 saturated carbocycles. The van der Waals surface area contributed by atoms with Gasteiger partial charge in [-0.05, 0) is 25.7 Å². The van der Waals surface area contributed by atoms with Crippen molar-refractivity contribution in [3.63, 3.8) is 0 Å². The largest absolute Gasteiger partial charge is 0.409 e. The Morgan fingerprint density at radius 3 is 2.71 bits per heavy atom. The predicted molar refractivity (Wildman–Crippen MR) is 66.8 cm³/mol.